The summed E-state index contributed by atoms with van der Waals surface area (Å²) >= 11 is 0. The van der Waals surface area contributed by atoms with Gasteiger partial charge in [0, 0.05) is 48.3 Å². The van der Waals surface area contributed by atoms with Crippen LogP contribution in [0.25, 0.3) is 16.8 Å². The van der Waals surface area contributed by atoms with Crippen LogP contribution in [0.5, 0.6) is 5.75 Å². The van der Waals surface area contributed by atoms with E-state index in [9.17, 15) is 4.39 Å². The molecule has 8 heteroatoms. The highest BCUT2D eigenvalue weighted by Gasteiger charge is 2.13. The van der Waals surface area contributed by atoms with Gasteiger partial charge in [-0.1, -0.05) is 0 Å². The molecule has 0 amide bonds. The standard InChI is InChI=1S/C23H29FN6O/c1-15(25)19(16(2)26-3)10-11-31-21-12-18(24)7-8-20(21)17-6-9-22-27-28-23(14-29(4)5)30(22)13-17/h6-9,12-13H,10-11,14,25H2,1-5H3. The van der Waals surface area contributed by atoms with E-state index in [4.69, 9.17) is 10.5 Å². The second-order valence-electron chi connectivity index (χ2n) is 7.71. The first-order valence-electron chi connectivity index (χ1n) is 10.1. The van der Waals surface area contributed by atoms with Crippen molar-refractivity contribution in [3.63, 3.8) is 0 Å². The maximum atomic E-state index is 14.0. The number of nitrogens with two attached hydrogens (primary N) is 1. The normalized spacial score (nSPS) is 13.1. The number of halogens is 1. The number of ether oxygens (including phenoxy) is 1. The lowest BCUT2D eigenvalue weighted by Gasteiger charge is -2.14. The summed E-state index contributed by atoms with van der Waals surface area (Å²) in [5, 5.41) is 8.49. The summed E-state index contributed by atoms with van der Waals surface area (Å²) in [6.45, 7) is 4.77. The maximum absolute atomic E-state index is 14.0. The Morgan fingerprint density at radius 2 is 1.97 bits per heavy atom. The minimum Gasteiger partial charge on any atom is -0.492 e. The summed E-state index contributed by atoms with van der Waals surface area (Å²) in [5.41, 5.74) is 11.0. The summed E-state index contributed by atoms with van der Waals surface area (Å²) < 4.78 is 22.0. The molecule has 31 heavy (non-hydrogen) atoms. The number of aromatic nitrogens is 3. The summed E-state index contributed by atoms with van der Waals surface area (Å²) in [5.74, 6) is 0.949. The van der Waals surface area contributed by atoms with Gasteiger partial charge in [-0.3, -0.25) is 9.39 Å². The molecule has 0 saturated carbocycles. The molecule has 0 bridgehead atoms. The first-order chi connectivity index (χ1) is 14.8. The van der Waals surface area contributed by atoms with Crippen LogP contribution in [-0.2, 0) is 6.54 Å². The van der Waals surface area contributed by atoms with Crippen LogP contribution in [0.4, 0.5) is 4.39 Å². The third-order valence-corrected chi connectivity index (χ3v) is 5.04. The molecule has 7 nitrogen and oxygen atoms in total. The average Bonchev–Trinajstić information content (AvgIpc) is 3.12. The van der Waals surface area contributed by atoms with Gasteiger partial charge in [-0.25, -0.2) is 4.39 Å². The molecule has 0 fully saturated rings. The molecule has 164 valence electrons. The van der Waals surface area contributed by atoms with Crippen molar-refractivity contribution in [2.75, 3.05) is 27.7 Å². The van der Waals surface area contributed by atoms with Gasteiger partial charge in [-0.15, -0.1) is 10.2 Å². The van der Waals surface area contributed by atoms with Gasteiger partial charge in [0.2, 0.25) is 0 Å². The molecular formula is C23H29FN6O. The lowest BCUT2D eigenvalue weighted by molar-refractivity contribution is 0.322. The number of pyridine rings is 1. The van der Waals surface area contributed by atoms with E-state index in [-0.39, 0.29) is 5.82 Å². The fraction of sp³-hybridized carbons (Fsp3) is 0.348. The van der Waals surface area contributed by atoms with Crippen LogP contribution in [0, 0.1) is 5.82 Å². The highest BCUT2D eigenvalue weighted by atomic mass is 19.1. The topological polar surface area (TPSA) is 81.0 Å². The molecular weight excluding hydrogens is 395 g/mol. The van der Waals surface area contributed by atoms with E-state index in [1.165, 1.54) is 12.1 Å². The average molecular weight is 425 g/mol. The molecule has 0 saturated heterocycles. The Balaban J connectivity index is 1.90. The highest BCUT2D eigenvalue weighted by Crippen LogP contribution is 2.31. The fourth-order valence-electron chi connectivity index (χ4n) is 3.40. The third kappa shape index (κ3) is 5.27. The number of nitrogens with zero attached hydrogens (tertiary/aromatic N) is 5. The molecule has 0 radical (unpaired) electrons. The Kier molecular flexibility index (Phi) is 7.02. The second-order valence-corrected chi connectivity index (χ2v) is 7.71. The van der Waals surface area contributed by atoms with Gasteiger partial charge in [0.05, 0.1) is 13.2 Å². The zero-order chi connectivity index (χ0) is 22.5. The molecule has 0 aliphatic heterocycles. The number of rotatable bonds is 8. The first kappa shape index (κ1) is 22.4. The molecule has 0 spiro atoms. The third-order valence-electron chi connectivity index (χ3n) is 5.04. The molecule has 3 aromatic rings. The van der Waals surface area contributed by atoms with Crippen molar-refractivity contribution in [1.29, 1.82) is 0 Å². The smallest absolute Gasteiger partial charge is 0.160 e. The van der Waals surface area contributed by atoms with Crippen molar-refractivity contribution in [2.45, 2.75) is 26.8 Å². The molecule has 2 N–H and O–H groups in total. The van der Waals surface area contributed by atoms with Crippen molar-refractivity contribution in [1.82, 2.24) is 19.5 Å². The van der Waals surface area contributed by atoms with Crippen LogP contribution in [-0.4, -0.2) is 53.0 Å². The van der Waals surface area contributed by atoms with E-state index in [0.717, 1.165) is 33.9 Å². The highest BCUT2D eigenvalue weighted by molar-refractivity contribution is 5.98. The number of hydrogen-bond acceptors (Lipinski definition) is 6. The Bertz CT molecular complexity index is 1130. The number of benzene rings is 1. The summed E-state index contributed by atoms with van der Waals surface area (Å²) in [4.78, 5) is 6.24. The van der Waals surface area contributed by atoms with Crippen LogP contribution < -0.4 is 10.5 Å². The zero-order valence-electron chi connectivity index (χ0n) is 18.7. The molecule has 2 aromatic heterocycles. The Labute approximate surface area is 182 Å². The van der Waals surface area contributed by atoms with Crippen LogP contribution in [0.3, 0.4) is 0 Å². The van der Waals surface area contributed by atoms with E-state index >= 15 is 0 Å². The van der Waals surface area contributed by atoms with Gasteiger partial charge >= 0.3 is 0 Å². The number of allylic oxidation sites excluding steroid dienone is 1. The Morgan fingerprint density at radius 1 is 1.19 bits per heavy atom. The fourth-order valence-corrected chi connectivity index (χ4v) is 3.40. The van der Waals surface area contributed by atoms with Crippen molar-refractivity contribution in [2.24, 2.45) is 10.7 Å². The van der Waals surface area contributed by atoms with E-state index in [1.54, 1.807) is 13.1 Å². The molecule has 0 aliphatic carbocycles. The SMILES string of the molecule is CN=C(C)C(CCOc1cc(F)ccc1-c1ccc2nnc(CN(C)C)n2c1)=C(C)N. The number of hydrogen-bond donors (Lipinski definition) is 1. The Hall–Kier alpha value is -3.26. The molecule has 2 heterocycles. The first-order valence-corrected chi connectivity index (χ1v) is 10.1. The molecule has 3 rings (SSSR count). The van der Waals surface area contributed by atoms with Crippen LogP contribution >= 0.6 is 0 Å². The summed E-state index contributed by atoms with van der Waals surface area (Å²) in [7, 11) is 5.69. The van der Waals surface area contributed by atoms with Crippen LogP contribution in [0.15, 0.2) is 52.8 Å². The molecule has 0 aliphatic rings. The van der Waals surface area contributed by atoms with Crippen LogP contribution in [0.2, 0.25) is 0 Å². The van der Waals surface area contributed by atoms with Crippen molar-refractivity contribution in [3.8, 4) is 16.9 Å². The molecule has 0 atom stereocenters. The largest absolute Gasteiger partial charge is 0.492 e. The predicted octanol–water partition coefficient (Wildman–Crippen LogP) is 3.69. The van der Waals surface area contributed by atoms with Gasteiger partial charge in [0.25, 0.3) is 0 Å². The Morgan fingerprint density at radius 3 is 2.65 bits per heavy atom. The van der Waals surface area contributed by atoms with E-state index < -0.39 is 0 Å². The lowest BCUT2D eigenvalue weighted by Crippen LogP contribution is -2.13. The van der Waals surface area contributed by atoms with Gasteiger partial charge < -0.3 is 15.4 Å². The molecule has 1 aromatic carbocycles. The zero-order valence-corrected chi connectivity index (χ0v) is 18.7. The monoisotopic (exact) mass is 424 g/mol. The van der Waals surface area contributed by atoms with Gasteiger partial charge in [0.15, 0.2) is 11.5 Å². The minimum absolute atomic E-state index is 0.352. The predicted molar refractivity (Wildman–Crippen MR) is 122 cm³/mol. The maximum Gasteiger partial charge on any atom is 0.160 e. The van der Waals surface area contributed by atoms with Crippen LogP contribution in [0.1, 0.15) is 26.1 Å². The van der Waals surface area contributed by atoms with Crippen molar-refractivity contribution >= 4 is 11.4 Å². The number of aliphatic imine (C=N–C) groups is 1. The molecule has 0 unspecified atom stereocenters. The minimum atomic E-state index is -0.352. The summed E-state index contributed by atoms with van der Waals surface area (Å²) in [6, 6.07) is 8.40. The van der Waals surface area contributed by atoms with E-state index in [0.29, 0.717) is 31.0 Å². The van der Waals surface area contributed by atoms with E-state index in [1.807, 2.05) is 55.6 Å². The van der Waals surface area contributed by atoms with Gasteiger partial charge in [0.1, 0.15) is 11.6 Å². The van der Waals surface area contributed by atoms with Crippen molar-refractivity contribution < 1.29 is 9.13 Å². The second kappa shape index (κ2) is 9.70. The summed E-state index contributed by atoms with van der Waals surface area (Å²) in [6.07, 6.45) is 2.54. The van der Waals surface area contributed by atoms with E-state index in [2.05, 4.69) is 15.2 Å². The quantitative estimate of drug-likeness (QED) is 0.558. The lowest BCUT2D eigenvalue weighted by atomic mass is 10.1. The van der Waals surface area contributed by atoms with Crippen molar-refractivity contribution in [3.05, 3.63) is 59.4 Å². The van der Waals surface area contributed by atoms with Gasteiger partial charge in [-0.05, 0) is 57.8 Å². The number of fused-ring (bicyclic) bond motifs is 1. The van der Waals surface area contributed by atoms with Gasteiger partial charge in [-0.2, -0.15) is 0 Å².